The SMILES string of the molecule is CCn1cc(S(=O)(=O)N2CCN(c3cc(Cl)ccc3C)CC2)c(C)n1. The Bertz CT molecular complexity index is 871. The van der Waals surface area contributed by atoms with Gasteiger partial charge in [-0.1, -0.05) is 17.7 Å². The van der Waals surface area contributed by atoms with Gasteiger partial charge in [-0.25, -0.2) is 8.42 Å². The van der Waals surface area contributed by atoms with Gasteiger partial charge < -0.3 is 4.90 Å². The highest BCUT2D eigenvalue weighted by atomic mass is 35.5. The van der Waals surface area contributed by atoms with Crippen LogP contribution in [-0.2, 0) is 16.6 Å². The lowest BCUT2D eigenvalue weighted by Crippen LogP contribution is -2.48. The molecule has 3 rings (SSSR count). The summed E-state index contributed by atoms with van der Waals surface area (Å²) in [6.07, 6.45) is 1.62. The molecule has 2 heterocycles. The maximum absolute atomic E-state index is 12.9. The van der Waals surface area contributed by atoms with Crippen molar-refractivity contribution in [1.29, 1.82) is 0 Å². The van der Waals surface area contributed by atoms with Crippen molar-refractivity contribution >= 4 is 27.3 Å². The second-order valence-electron chi connectivity index (χ2n) is 6.26. The van der Waals surface area contributed by atoms with Crippen LogP contribution < -0.4 is 4.90 Å². The molecule has 1 fully saturated rings. The third-order valence-electron chi connectivity index (χ3n) is 4.59. The second-order valence-corrected chi connectivity index (χ2v) is 8.60. The largest absolute Gasteiger partial charge is 0.369 e. The van der Waals surface area contributed by atoms with Crippen LogP contribution >= 0.6 is 11.6 Å². The molecule has 0 aliphatic carbocycles. The normalized spacial score (nSPS) is 16.4. The monoisotopic (exact) mass is 382 g/mol. The number of nitrogens with zero attached hydrogens (tertiary/aromatic N) is 4. The summed E-state index contributed by atoms with van der Waals surface area (Å²) in [6.45, 7) is 8.55. The first kappa shape index (κ1) is 18.2. The molecule has 0 bridgehead atoms. The van der Waals surface area contributed by atoms with Gasteiger partial charge in [-0.15, -0.1) is 0 Å². The lowest BCUT2D eigenvalue weighted by Gasteiger charge is -2.36. The minimum absolute atomic E-state index is 0.307. The number of aryl methyl sites for hydroxylation is 3. The smallest absolute Gasteiger partial charge is 0.246 e. The fourth-order valence-corrected chi connectivity index (χ4v) is 4.90. The number of hydrogen-bond acceptors (Lipinski definition) is 4. The van der Waals surface area contributed by atoms with Crippen molar-refractivity contribution < 1.29 is 8.42 Å². The average molecular weight is 383 g/mol. The summed E-state index contributed by atoms with van der Waals surface area (Å²) < 4.78 is 29.1. The zero-order valence-corrected chi connectivity index (χ0v) is 16.3. The number of benzene rings is 1. The lowest BCUT2D eigenvalue weighted by atomic mass is 10.1. The molecule has 0 saturated carbocycles. The number of sulfonamides is 1. The van der Waals surface area contributed by atoms with Crippen LogP contribution in [0.3, 0.4) is 0 Å². The van der Waals surface area contributed by atoms with Gasteiger partial charge in [0.15, 0.2) is 0 Å². The highest BCUT2D eigenvalue weighted by Crippen LogP contribution is 2.27. The fourth-order valence-electron chi connectivity index (χ4n) is 3.15. The lowest BCUT2D eigenvalue weighted by molar-refractivity contribution is 0.384. The molecule has 8 heteroatoms. The molecule has 1 saturated heterocycles. The van der Waals surface area contributed by atoms with Crippen LogP contribution in [0.5, 0.6) is 0 Å². The molecular weight excluding hydrogens is 360 g/mol. The molecule has 1 aliphatic rings. The van der Waals surface area contributed by atoms with E-state index in [1.165, 1.54) is 0 Å². The topological polar surface area (TPSA) is 58.4 Å². The highest BCUT2D eigenvalue weighted by Gasteiger charge is 2.31. The maximum atomic E-state index is 12.9. The van der Waals surface area contributed by atoms with Crippen LogP contribution in [0.25, 0.3) is 0 Å². The van der Waals surface area contributed by atoms with Gasteiger partial charge >= 0.3 is 0 Å². The Balaban J connectivity index is 1.77. The van der Waals surface area contributed by atoms with Gasteiger partial charge in [-0.2, -0.15) is 9.40 Å². The zero-order valence-electron chi connectivity index (χ0n) is 14.7. The minimum atomic E-state index is -3.51. The molecule has 0 atom stereocenters. The number of aromatic nitrogens is 2. The first-order chi connectivity index (χ1) is 11.8. The summed E-state index contributed by atoms with van der Waals surface area (Å²) >= 11 is 6.11. The van der Waals surface area contributed by atoms with Crippen LogP contribution in [0.2, 0.25) is 5.02 Å². The first-order valence-corrected chi connectivity index (χ1v) is 10.2. The van der Waals surface area contributed by atoms with E-state index in [9.17, 15) is 8.42 Å². The molecule has 1 aromatic carbocycles. The summed E-state index contributed by atoms with van der Waals surface area (Å²) in [5, 5.41) is 4.95. The van der Waals surface area contributed by atoms with E-state index in [4.69, 9.17) is 11.6 Å². The van der Waals surface area contributed by atoms with Gasteiger partial charge in [0.25, 0.3) is 0 Å². The Morgan fingerprint density at radius 2 is 1.84 bits per heavy atom. The Hall–Kier alpha value is -1.57. The van der Waals surface area contributed by atoms with Gasteiger partial charge in [0.1, 0.15) is 4.90 Å². The summed E-state index contributed by atoms with van der Waals surface area (Å²) in [5.74, 6) is 0. The van der Waals surface area contributed by atoms with Crippen molar-refractivity contribution in [1.82, 2.24) is 14.1 Å². The maximum Gasteiger partial charge on any atom is 0.246 e. The van der Waals surface area contributed by atoms with Gasteiger partial charge in [0.2, 0.25) is 10.0 Å². The summed E-state index contributed by atoms with van der Waals surface area (Å²) in [5.41, 5.74) is 2.76. The quantitative estimate of drug-likeness (QED) is 0.815. The molecule has 1 aromatic heterocycles. The fraction of sp³-hybridized carbons (Fsp3) is 0.471. The van der Waals surface area contributed by atoms with Crippen molar-refractivity contribution in [3.8, 4) is 0 Å². The van der Waals surface area contributed by atoms with Crippen LogP contribution in [0, 0.1) is 13.8 Å². The number of piperazine rings is 1. The van der Waals surface area contributed by atoms with Crippen LogP contribution in [0.4, 0.5) is 5.69 Å². The van der Waals surface area contributed by atoms with Gasteiger partial charge in [-0.05, 0) is 38.5 Å². The van der Waals surface area contributed by atoms with E-state index in [2.05, 4.69) is 10.00 Å². The predicted octanol–water partition coefficient (Wildman–Crippen LogP) is 2.68. The molecule has 0 unspecified atom stereocenters. The van der Waals surface area contributed by atoms with Crippen molar-refractivity contribution in [2.45, 2.75) is 32.2 Å². The molecule has 25 heavy (non-hydrogen) atoms. The van der Waals surface area contributed by atoms with E-state index in [-0.39, 0.29) is 0 Å². The van der Waals surface area contributed by atoms with Crippen molar-refractivity contribution in [3.63, 3.8) is 0 Å². The molecule has 0 radical (unpaired) electrons. The summed E-state index contributed by atoms with van der Waals surface area (Å²) in [7, 11) is -3.51. The number of hydrogen-bond donors (Lipinski definition) is 0. The van der Waals surface area contributed by atoms with Crippen molar-refractivity contribution in [3.05, 3.63) is 40.7 Å². The Morgan fingerprint density at radius 3 is 2.44 bits per heavy atom. The molecule has 0 N–H and O–H groups in total. The number of anilines is 1. The van der Waals surface area contributed by atoms with E-state index >= 15 is 0 Å². The molecular formula is C17H23ClN4O2S. The highest BCUT2D eigenvalue weighted by molar-refractivity contribution is 7.89. The predicted molar refractivity (Wildman–Crippen MR) is 99.8 cm³/mol. The third-order valence-corrected chi connectivity index (χ3v) is 6.83. The van der Waals surface area contributed by atoms with Crippen molar-refractivity contribution in [2.24, 2.45) is 0 Å². The van der Waals surface area contributed by atoms with Crippen LogP contribution in [0.1, 0.15) is 18.2 Å². The van der Waals surface area contributed by atoms with E-state index < -0.39 is 10.0 Å². The van der Waals surface area contributed by atoms with Gasteiger partial charge in [-0.3, -0.25) is 4.68 Å². The average Bonchev–Trinajstić information content (AvgIpc) is 2.99. The Kier molecular flexibility index (Phi) is 5.09. The van der Waals surface area contributed by atoms with E-state index in [1.54, 1.807) is 22.1 Å². The molecule has 0 spiro atoms. The molecule has 136 valence electrons. The molecule has 2 aromatic rings. The standard InChI is InChI=1S/C17H23ClN4O2S/c1-4-21-12-17(14(3)19-21)25(23,24)22-9-7-20(8-10-22)16-11-15(18)6-5-13(16)2/h5-6,11-12H,4,7-10H2,1-3H3. The minimum Gasteiger partial charge on any atom is -0.369 e. The first-order valence-electron chi connectivity index (χ1n) is 8.38. The zero-order chi connectivity index (χ0) is 18.2. The number of rotatable bonds is 4. The molecule has 1 aliphatic heterocycles. The van der Waals surface area contributed by atoms with E-state index in [0.717, 1.165) is 11.3 Å². The summed E-state index contributed by atoms with van der Waals surface area (Å²) in [6, 6.07) is 5.80. The second kappa shape index (κ2) is 6.97. The van der Waals surface area contributed by atoms with Crippen molar-refractivity contribution in [2.75, 3.05) is 31.1 Å². The van der Waals surface area contributed by atoms with E-state index in [1.807, 2.05) is 32.0 Å². The van der Waals surface area contributed by atoms with Gasteiger partial charge in [0.05, 0.1) is 5.69 Å². The van der Waals surface area contributed by atoms with Crippen LogP contribution in [0.15, 0.2) is 29.3 Å². The van der Waals surface area contributed by atoms with Crippen LogP contribution in [-0.4, -0.2) is 48.7 Å². The molecule has 0 amide bonds. The third kappa shape index (κ3) is 3.54. The Labute approximate surface area is 154 Å². The number of halogens is 1. The molecule has 6 nitrogen and oxygen atoms in total. The van der Waals surface area contributed by atoms with E-state index in [0.29, 0.717) is 48.3 Å². The van der Waals surface area contributed by atoms with Gasteiger partial charge in [0, 0.05) is 49.6 Å². The summed E-state index contributed by atoms with van der Waals surface area (Å²) in [4.78, 5) is 2.50. The Morgan fingerprint density at radius 1 is 1.16 bits per heavy atom.